The first kappa shape index (κ1) is 21.9. The van der Waals surface area contributed by atoms with Gasteiger partial charge in [-0.3, -0.25) is 4.90 Å². The van der Waals surface area contributed by atoms with Crippen LogP contribution < -0.4 is 0 Å². The molecule has 3 aromatic carbocycles. The van der Waals surface area contributed by atoms with Gasteiger partial charge < -0.3 is 0 Å². The van der Waals surface area contributed by atoms with Crippen LogP contribution in [-0.4, -0.2) is 43.8 Å². The van der Waals surface area contributed by atoms with Gasteiger partial charge in [0, 0.05) is 37.3 Å². The molecule has 1 atom stereocenters. The van der Waals surface area contributed by atoms with Gasteiger partial charge in [0.15, 0.2) is 0 Å². The Bertz CT molecular complexity index is 1130. The number of hydrogen-bond donors (Lipinski definition) is 0. The summed E-state index contributed by atoms with van der Waals surface area (Å²) >= 11 is 6.06. The lowest BCUT2D eigenvalue weighted by atomic mass is 9.96. The largest absolute Gasteiger partial charge is 0.290 e. The van der Waals surface area contributed by atoms with Gasteiger partial charge in [-0.05, 0) is 35.4 Å². The van der Waals surface area contributed by atoms with Crippen LogP contribution in [0.5, 0.6) is 0 Å². The lowest BCUT2D eigenvalue weighted by Gasteiger charge is -2.39. The number of benzene rings is 3. The maximum Gasteiger partial charge on any atom is 0.243 e. The van der Waals surface area contributed by atoms with Crippen LogP contribution in [-0.2, 0) is 10.0 Å². The van der Waals surface area contributed by atoms with E-state index in [1.54, 1.807) is 0 Å². The molecule has 1 saturated heterocycles. The molecule has 0 aliphatic carbocycles. The van der Waals surface area contributed by atoms with Crippen molar-refractivity contribution in [2.24, 2.45) is 0 Å². The minimum atomic E-state index is -3.98. The highest BCUT2D eigenvalue weighted by molar-refractivity contribution is 7.89. The van der Waals surface area contributed by atoms with Gasteiger partial charge in [0.25, 0.3) is 0 Å². The van der Waals surface area contributed by atoms with Gasteiger partial charge in [-0.1, -0.05) is 54.1 Å². The molecule has 4 rings (SSSR count). The zero-order valence-corrected chi connectivity index (χ0v) is 18.2. The summed E-state index contributed by atoms with van der Waals surface area (Å²) in [4.78, 5) is 1.84. The van der Waals surface area contributed by atoms with Crippen LogP contribution in [0.1, 0.15) is 17.2 Å². The number of rotatable bonds is 5. The topological polar surface area (TPSA) is 40.6 Å². The normalized spacial score (nSPS) is 16.9. The predicted molar refractivity (Wildman–Crippen MR) is 116 cm³/mol. The number of sulfonamides is 1. The van der Waals surface area contributed by atoms with E-state index in [9.17, 15) is 17.2 Å². The summed E-state index contributed by atoms with van der Waals surface area (Å²) in [5, 5.41) is 0.647. The van der Waals surface area contributed by atoms with E-state index in [1.165, 1.54) is 4.31 Å². The molecule has 0 bridgehead atoms. The van der Waals surface area contributed by atoms with Gasteiger partial charge in [0.2, 0.25) is 10.0 Å². The van der Waals surface area contributed by atoms with E-state index in [-0.39, 0.29) is 24.0 Å². The van der Waals surface area contributed by atoms with Crippen LogP contribution in [0, 0.1) is 11.6 Å². The molecule has 0 unspecified atom stereocenters. The van der Waals surface area contributed by atoms with Gasteiger partial charge in [-0.15, -0.1) is 0 Å². The van der Waals surface area contributed by atoms with Crippen LogP contribution in [0.2, 0.25) is 5.02 Å². The van der Waals surface area contributed by atoms with Gasteiger partial charge in [0.05, 0.1) is 10.9 Å². The third-order valence-corrected chi connectivity index (χ3v) is 7.54. The molecule has 4 nitrogen and oxygen atoms in total. The quantitative estimate of drug-likeness (QED) is 0.551. The fraction of sp³-hybridized carbons (Fsp3) is 0.217. The molecule has 3 aromatic rings. The van der Waals surface area contributed by atoms with E-state index in [0.29, 0.717) is 24.2 Å². The summed E-state index contributed by atoms with van der Waals surface area (Å²) in [6.07, 6.45) is 0. The van der Waals surface area contributed by atoms with Crippen molar-refractivity contribution >= 4 is 21.6 Å². The summed E-state index contributed by atoms with van der Waals surface area (Å²) in [7, 11) is -3.98. The standard InChI is InChI=1S/C23H21ClF2N2O2S/c24-19-8-6-18(7-9-19)23(17-4-2-1-3-5-17)27-10-12-28(13-11-27)31(29,30)22-15-20(25)14-21(26)16-22/h1-9,14-16,23H,10-13H2/t23-/m1/s1. The summed E-state index contributed by atoms with van der Waals surface area (Å²) < 4.78 is 54.2. The summed E-state index contributed by atoms with van der Waals surface area (Å²) in [5.74, 6) is -1.83. The third kappa shape index (κ3) is 4.80. The van der Waals surface area contributed by atoms with Crippen molar-refractivity contribution < 1.29 is 17.2 Å². The molecular formula is C23H21ClF2N2O2S. The Morgan fingerprint density at radius 2 is 1.32 bits per heavy atom. The van der Waals surface area contributed by atoms with E-state index >= 15 is 0 Å². The smallest absolute Gasteiger partial charge is 0.243 e. The maximum atomic E-state index is 13.6. The summed E-state index contributed by atoms with van der Waals surface area (Å²) in [6, 6.07) is 19.9. The number of piperazine rings is 1. The van der Waals surface area contributed by atoms with Crippen LogP contribution in [0.3, 0.4) is 0 Å². The van der Waals surface area contributed by atoms with Gasteiger partial charge >= 0.3 is 0 Å². The molecule has 0 amide bonds. The number of hydrogen-bond acceptors (Lipinski definition) is 3. The van der Waals surface area contributed by atoms with Crippen molar-refractivity contribution in [3.05, 3.63) is 101 Å². The van der Waals surface area contributed by atoms with E-state index in [4.69, 9.17) is 11.6 Å². The van der Waals surface area contributed by atoms with E-state index < -0.39 is 21.7 Å². The zero-order valence-electron chi connectivity index (χ0n) is 16.6. The second-order valence-corrected chi connectivity index (χ2v) is 9.78. The molecule has 162 valence electrons. The Morgan fingerprint density at radius 3 is 1.90 bits per heavy atom. The lowest BCUT2D eigenvalue weighted by Crippen LogP contribution is -2.49. The predicted octanol–water partition coefficient (Wildman–Crippen LogP) is 4.71. The fourth-order valence-corrected chi connectivity index (χ4v) is 5.51. The van der Waals surface area contributed by atoms with Crippen LogP contribution >= 0.6 is 11.6 Å². The molecule has 0 N–H and O–H groups in total. The zero-order chi connectivity index (χ0) is 22.0. The molecule has 31 heavy (non-hydrogen) atoms. The van der Waals surface area contributed by atoms with Crippen molar-refractivity contribution in [1.82, 2.24) is 9.21 Å². The summed E-state index contributed by atoms with van der Waals surface area (Å²) in [6.45, 7) is 1.38. The monoisotopic (exact) mass is 462 g/mol. The highest BCUT2D eigenvalue weighted by Crippen LogP contribution is 2.31. The van der Waals surface area contributed by atoms with Crippen molar-refractivity contribution in [3.8, 4) is 0 Å². The van der Waals surface area contributed by atoms with Crippen LogP contribution in [0.4, 0.5) is 8.78 Å². The second-order valence-electron chi connectivity index (χ2n) is 7.41. The molecule has 8 heteroatoms. The Labute approximate surface area is 185 Å². The van der Waals surface area contributed by atoms with E-state index in [1.807, 2.05) is 54.6 Å². The minimum Gasteiger partial charge on any atom is -0.290 e. The molecule has 1 aliphatic heterocycles. The molecule has 0 aromatic heterocycles. The minimum absolute atomic E-state index is 0.0602. The van der Waals surface area contributed by atoms with Crippen molar-refractivity contribution in [3.63, 3.8) is 0 Å². The SMILES string of the molecule is O=S(=O)(c1cc(F)cc(F)c1)N1CCN([C@H](c2ccccc2)c2ccc(Cl)cc2)CC1. The van der Waals surface area contributed by atoms with Crippen molar-refractivity contribution in [1.29, 1.82) is 0 Å². The van der Waals surface area contributed by atoms with Gasteiger partial charge in [0.1, 0.15) is 11.6 Å². The summed E-state index contributed by atoms with van der Waals surface area (Å²) in [5.41, 5.74) is 2.15. The molecule has 1 aliphatic rings. The average Bonchev–Trinajstić information content (AvgIpc) is 2.76. The fourth-order valence-electron chi connectivity index (χ4n) is 3.92. The molecule has 0 radical (unpaired) electrons. The first-order valence-electron chi connectivity index (χ1n) is 9.85. The molecule has 0 saturated carbocycles. The highest BCUT2D eigenvalue weighted by atomic mass is 35.5. The Morgan fingerprint density at radius 1 is 0.774 bits per heavy atom. The van der Waals surface area contributed by atoms with Gasteiger partial charge in [-0.25, -0.2) is 17.2 Å². The first-order chi connectivity index (χ1) is 14.8. The van der Waals surface area contributed by atoms with Crippen molar-refractivity contribution in [2.45, 2.75) is 10.9 Å². The average molecular weight is 463 g/mol. The van der Waals surface area contributed by atoms with Gasteiger partial charge in [-0.2, -0.15) is 4.31 Å². The highest BCUT2D eigenvalue weighted by Gasteiger charge is 2.32. The maximum absolute atomic E-state index is 13.6. The molecule has 0 spiro atoms. The number of nitrogens with zero attached hydrogens (tertiary/aromatic N) is 2. The lowest BCUT2D eigenvalue weighted by molar-refractivity contribution is 0.156. The van der Waals surface area contributed by atoms with E-state index in [2.05, 4.69) is 4.90 Å². The molecule has 1 heterocycles. The van der Waals surface area contributed by atoms with E-state index in [0.717, 1.165) is 23.3 Å². The Hall–Kier alpha value is -2.32. The third-order valence-electron chi connectivity index (χ3n) is 5.41. The molecular weight excluding hydrogens is 442 g/mol. The van der Waals surface area contributed by atoms with Crippen LogP contribution in [0.15, 0.2) is 77.7 Å². The van der Waals surface area contributed by atoms with Crippen LogP contribution in [0.25, 0.3) is 0 Å². The first-order valence-corrected chi connectivity index (χ1v) is 11.7. The second kappa shape index (κ2) is 9.04. The molecule has 1 fully saturated rings. The number of halogens is 3. The Kier molecular flexibility index (Phi) is 6.39. The Balaban J connectivity index is 1.57. The van der Waals surface area contributed by atoms with Crippen molar-refractivity contribution in [2.75, 3.05) is 26.2 Å².